The first-order valence-electron chi connectivity index (χ1n) is 4.32. The lowest BCUT2D eigenvalue weighted by Gasteiger charge is -1.89. The summed E-state index contributed by atoms with van der Waals surface area (Å²) in [6.45, 7) is 8.08. The topological polar surface area (TPSA) is 26.3 Å². The van der Waals surface area contributed by atoms with Gasteiger partial charge in [-0.1, -0.05) is 33.1 Å². The van der Waals surface area contributed by atoms with Crippen molar-refractivity contribution in [2.24, 2.45) is 0 Å². The number of unbranched alkanes of at least 4 members (excludes halogenated alkanes) is 2. The molecular formula is C9H20O2. The van der Waals surface area contributed by atoms with E-state index in [1.54, 1.807) is 6.92 Å². The highest BCUT2D eigenvalue weighted by Crippen LogP contribution is 1.88. The Morgan fingerprint density at radius 3 is 1.64 bits per heavy atom. The quantitative estimate of drug-likeness (QED) is 0.593. The van der Waals surface area contributed by atoms with Gasteiger partial charge in [0.1, 0.15) is 0 Å². The molecule has 0 amide bonds. The van der Waals surface area contributed by atoms with Gasteiger partial charge in [-0.05, 0) is 6.92 Å². The summed E-state index contributed by atoms with van der Waals surface area (Å²) in [5, 5.41) is 0. The molecular weight excluding hydrogens is 140 g/mol. The molecule has 11 heavy (non-hydrogen) atoms. The summed E-state index contributed by atoms with van der Waals surface area (Å²) in [6.07, 6.45) is 4.08. The second-order valence-corrected chi connectivity index (χ2v) is 2.28. The van der Waals surface area contributed by atoms with Gasteiger partial charge in [0.25, 0.3) is 0 Å². The Labute approximate surface area is 69.9 Å². The van der Waals surface area contributed by atoms with Crippen molar-refractivity contribution in [3.05, 3.63) is 0 Å². The zero-order chi connectivity index (χ0) is 9.11. The molecule has 0 bridgehead atoms. The highest BCUT2D eigenvalue weighted by molar-refractivity contribution is 5.65. The first-order chi connectivity index (χ1) is 5.18. The maximum absolute atomic E-state index is 9.82. The van der Waals surface area contributed by atoms with Crippen LogP contribution in [0.2, 0.25) is 0 Å². The normalized spacial score (nSPS) is 8.00. The van der Waals surface area contributed by atoms with Crippen LogP contribution in [0.3, 0.4) is 0 Å². The molecule has 0 rings (SSSR count). The summed E-state index contributed by atoms with van der Waals surface area (Å²) in [4.78, 5) is 9.82. The molecule has 0 aromatic carbocycles. The van der Waals surface area contributed by atoms with Crippen LogP contribution >= 0.6 is 0 Å². The number of carbonyl (C=O) groups is 1. The fourth-order valence-electron chi connectivity index (χ4n) is 0.557. The third kappa shape index (κ3) is 26.4. The zero-order valence-corrected chi connectivity index (χ0v) is 8.14. The Hall–Kier alpha value is -0.530. The monoisotopic (exact) mass is 160 g/mol. The summed E-state index contributed by atoms with van der Waals surface area (Å²) < 4.78 is 4.40. The van der Waals surface area contributed by atoms with Gasteiger partial charge < -0.3 is 4.74 Å². The van der Waals surface area contributed by atoms with Gasteiger partial charge in [-0.25, -0.2) is 0 Å². The average molecular weight is 160 g/mol. The molecule has 0 fully saturated rings. The van der Waals surface area contributed by atoms with Gasteiger partial charge in [0.15, 0.2) is 0 Å². The van der Waals surface area contributed by atoms with Crippen molar-refractivity contribution >= 4 is 5.97 Å². The SMILES string of the molecule is CCCCC.CCOC(C)=O. The molecule has 0 saturated carbocycles. The van der Waals surface area contributed by atoms with Crippen LogP contribution in [0.1, 0.15) is 47.0 Å². The minimum absolute atomic E-state index is 0.211. The van der Waals surface area contributed by atoms with Crippen LogP contribution in [0.25, 0.3) is 0 Å². The van der Waals surface area contributed by atoms with Gasteiger partial charge in [0.2, 0.25) is 0 Å². The number of carbonyl (C=O) groups excluding carboxylic acids is 1. The fraction of sp³-hybridized carbons (Fsp3) is 0.889. The minimum atomic E-state index is -0.211. The molecule has 0 N–H and O–H groups in total. The van der Waals surface area contributed by atoms with Crippen LogP contribution in [0.4, 0.5) is 0 Å². The standard InChI is InChI=1S/C5H12.C4H8O2/c1-3-5-4-2;1-3-6-4(2)5/h3-5H2,1-2H3;3H2,1-2H3. The Balaban J connectivity index is 0. The molecule has 0 unspecified atom stereocenters. The van der Waals surface area contributed by atoms with E-state index in [0.717, 1.165) is 0 Å². The zero-order valence-electron chi connectivity index (χ0n) is 8.14. The van der Waals surface area contributed by atoms with Crippen molar-refractivity contribution in [2.45, 2.75) is 47.0 Å². The van der Waals surface area contributed by atoms with E-state index in [4.69, 9.17) is 0 Å². The van der Waals surface area contributed by atoms with Crippen LogP contribution < -0.4 is 0 Å². The fourth-order valence-corrected chi connectivity index (χ4v) is 0.557. The van der Waals surface area contributed by atoms with Gasteiger partial charge in [-0.3, -0.25) is 4.79 Å². The Morgan fingerprint density at radius 2 is 1.64 bits per heavy atom. The molecule has 0 atom stereocenters. The lowest BCUT2D eigenvalue weighted by molar-refractivity contribution is -0.140. The molecule has 0 aliphatic rings. The molecule has 0 aromatic rings. The first kappa shape index (κ1) is 13.1. The third-order valence-electron chi connectivity index (χ3n) is 1.05. The summed E-state index contributed by atoms with van der Waals surface area (Å²) in [5.41, 5.74) is 0. The third-order valence-corrected chi connectivity index (χ3v) is 1.05. The van der Waals surface area contributed by atoms with Crippen molar-refractivity contribution in [1.82, 2.24) is 0 Å². The summed E-state index contributed by atoms with van der Waals surface area (Å²) >= 11 is 0. The molecule has 2 heteroatoms. The van der Waals surface area contributed by atoms with E-state index in [2.05, 4.69) is 18.6 Å². The van der Waals surface area contributed by atoms with Crippen molar-refractivity contribution in [2.75, 3.05) is 6.61 Å². The maximum atomic E-state index is 9.82. The first-order valence-corrected chi connectivity index (χ1v) is 4.32. The summed E-state index contributed by atoms with van der Waals surface area (Å²) in [6, 6.07) is 0. The average Bonchev–Trinajstić information content (AvgIpc) is 1.90. The second kappa shape index (κ2) is 12.2. The lowest BCUT2D eigenvalue weighted by Crippen LogP contribution is -1.95. The van der Waals surface area contributed by atoms with Crippen LogP contribution in [-0.4, -0.2) is 12.6 Å². The molecule has 0 aliphatic carbocycles. The van der Waals surface area contributed by atoms with Crippen LogP contribution in [0.5, 0.6) is 0 Å². The van der Waals surface area contributed by atoms with E-state index in [1.165, 1.54) is 26.2 Å². The molecule has 2 nitrogen and oxygen atoms in total. The van der Waals surface area contributed by atoms with E-state index in [1.807, 2.05) is 0 Å². The van der Waals surface area contributed by atoms with Gasteiger partial charge in [0, 0.05) is 6.92 Å². The van der Waals surface area contributed by atoms with E-state index in [9.17, 15) is 4.79 Å². The van der Waals surface area contributed by atoms with E-state index in [0.29, 0.717) is 6.61 Å². The van der Waals surface area contributed by atoms with Crippen molar-refractivity contribution in [3.63, 3.8) is 0 Å². The predicted molar refractivity (Wildman–Crippen MR) is 47.5 cm³/mol. The second-order valence-electron chi connectivity index (χ2n) is 2.28. The summed E-state index contributed by atoms with van der Waals surface area (Å²) in [5.74, 6) is -0.211. The molecule has 0 spiro atoms. The summed E-state index contributed by atoms with van der Waals surface area (Å²) in [7, 11) is 0. The lowest BCUT2D eigenvalue weighted by atomic mass is 10.3. The highest BCUT2D eigenvalue weighted by atomic mass is 16.5. The smallest absolute Gasteiger partial charge is 0.302 e. The number of esters is 1. The predicted octanol–water partition coefficient (Wildman–Crippen LogP) is 2.77. The van der Waals surface area contributed by atoms with Crippen LogP contribution in [0.15, 0.2) is 0 Å². The van der Waals surface area contributed by atoms with E-state index < -0.39 is 0 Å². The van der Waals surface area contributed by atoms with Gasteiger partial charge in [-0.15, -0.1) is 0 Å². The van der Waals surface area contributed by atoms with Crippen molar-refractivity contribution in [3.8, 4) is 0 Å². The molecule has 0 aliphatic heterocycles. The van der Waals surface area contributed by atoms with Gasteiger partial charge >= 0.3 is 5.97 Å². The largest absolute Gasteiger partial charge is 0.466 e. The van der Waals surface area contributed by atoms with Crippen molar-refractivity contribution in [1.29, 1.82) is 0 Å². The van der Waals surface area contributed by atoms with E-state index >= 15 is 0 Å². The Bertz CT molecular complexity index is 77.6. The Morgan fingerprint density at radius 1 is 1.18 bits per heavy atom. The Kier molecular flexibility index (Phi) is 14.5. The molecule has 0 aromatic heterocycles. The molecule has 0 saturated heterocycles. The molecule has 68 valence electrons. The van der Waals surface area contributed by atoms with Crippen LogP contribution in [-0.2, 0) is 9.53 Å². The number of ether oxygens (including phenoxy) is 1. The van der Waals surface area contributed by atoms with Crippen molar-refractivity contribution < 1.29 is 9.53 Å². The van der Waals surface area contributed by atoms with Gasteiger partial charge in [0.05, 0.1) is 6.61 Å². The molecule has 0 radical (unpaired) electrons. The number of hydrogen-bond donors (Lipinski definition) is 0. The minimum Gasteiger partial charge on any atom is -0.466 e. The number of hydrogen-bond acceptors (Lipinski definition) is 2. The van der Waals surface area contributed by atoms with Gasteiger partial charge in [-0.2, -0.15) is 0 Å². The maximum Gasteiger partial charge on any atom is 0.302 e. The highest BCUT2D eigenvalue weighted by Gasteiger charge is 1.81. The molecule has 0 heterocycles. The van der Waals surface area contributed by atoms with Crippen LogP contribution in [0, 0.1) is 0 Å². The number of rotatable bonds is 3. The van der Waals surface area contributed by atoms with E-state index in [-0.39, 0.29) is 5.97 Å².